The molecule has 1 atom stereocenters. The van der Waals surface area contributed by atoms with Crippen LogP contribution in [-0.4, -0.2) is 15.1 Å². The molecule has 0 bridgehead atoms. The van der Waals surface area contributed by atoms with Gasteiger partial charge in [0, 0.05) is 21.7 Å². The van der Waals surface area contributed by atoms with Gasteiger partial charge in [0.1, 0.15) is 6.04 Å². The van der Waals surface area contributed by atoms with Crippen LogP contribution in [0.15, 0.2) is 87.8 Å². The number of anilines is 1. The molecular weight excluding hydrogens is 444 g/mol. The van der Waals surface area contributed by atoms with Crippen molar-refractivity contribution in [3.63, 3.8) is 0 Å². The maximum atomic E-state index is 11.4. The van der Waals surface area contributed by atoms with E-state index in [1.165, 1.54) is 0 Å². The monoisotopic (exact) mass is 474 g/mol. The molecule has 0 aliphatic rings. The fourth-order valence-corrected chi connectivity index (χ4v) is 4.59. The number of fused-ring (bicyclic) bond motifs is 1. The van der Waals surface area contributed by atoms with Crippen LogP contribution in [0.3, 0.4) is 0 Å². The minimum absolute atomic E-state index is 0.000654. The van der Waals surface area contributed by atoms with Crippen LogP contribution >= 0.6 is 11.8 Å². The zero-order valence-corrected chi connectivity index (χ0v) is 20.5. The van der Waals surface area contributed by atoms with Crippen molar-refractivity contribution >= 4 is 28.6 Å². The summed E-state index contributed by atoms with van der Waals surface area (Å²) in [7, 11) is 0. The second-order valence-electron chi connectivity index (χ2n) is 7.31. The van der Waals surface area contributed by atoms with E-state index in [0.29, 0.717) is 24.6 Å². The highest BCUT2D eigenvalue weighted by Gasteiger charge is 2.17. The molecule has 0 fully saturated rings. The predicted molar refractivity (Wildman–Crippen MR) is 140 cm³/mol. The summed E-state index contributed by atoms with van der Waals surface area (Å²) in [4.78, 5) is 22.8. The van der Waals surface area contributed by atoms with Crippen molar-refractivity contribution in [3.8, 4) is 0 Å². The van der Waals surface area contributed by atoms with Gasteiger partial charge in [-0.15, -0.1) is 0 Å². The summed E-state index contributed by atoms with van der Waals surface area (Å²) in [6.45, 7) is 6.45. The summed E-state index contributed by atoms with van der Waals surface area (Å²) in [5.74, 6) is 0.469. The second kappa shape index (κ2) is 12.8. The molecule has 2 N–H and O–H groups in total. The molecule has 0 saturated heterocycles. The van der Waals surface area contributed by atoms with Crippen LogP contribution in [-0.2, 0) is 13.2 Å². The van der Waals surface area contributed by atoms with E-state index in [1.807, 2.05) is 81.4 Å². The Labute approximate surface area is 204 Å². The van der Waals surface area contributed by atoms with Crippen molar-refractivity contribution in [3.05, 3.63) is 94.5 Å². The minimum Gasteiger partial charge on any atom is -0.392 e. The van der Waals surface area contributed by atoms with Crippen molar-refractivity contribution in [1.82, 2.24) is 9.97 Å². The molecule has 34 heavy (non-hydrogen) atoms. The number of aliphatic hydroxyl groups excluding tert-OH is 1. The van der Waals surface area contributed by atoms with Crippen molar-refractivity contribution in [2.24, 2.45) is 5.18 Å². The first kappa shape index (κ1) is 25.3. The first-order valence-electron chi connectivity index (χ1n) is 11.5. The largest absolute Gasteiger partial charge is 0.392 e. The number of para-hydroxylation sites is 1. The molecule has 1 unspecified atom stereocenters. The number of nitrogens with one attached hydrogen (secondary N) is 1. The van der Waals surface area contributed by atoms with E-state index >= 15 is 0 Å². The fourth-order valence-electron chi connectivity index (χ4n) is 3.53. The Morgan fingerprint density at radius 2 is 1.53 bits per heavy atom. The number of hydrogen-bond donors (Lipinski definition) is 2. The van der Waals surface area contributed by atoms with E-state index in [-0.39, 0.29) is 6.61 Å². The highest BCUT2D eigenvalue weighted by Crippen LogP contribution is 2.33. The normalized spacial score (nSPS) is 11.4. The zero-order chi connectivity index (χ0) is 24.3. The van der Waals surface area contributed by atoms with Gasteiger partial charge in [0.15, 0.2) is 0 Å². The molecule has 0 amide bonds. The molecule has 4 rings (SSSR count). The van der Waals surface area contributed by atoms with E-state index in [9.17, 15) is 10.0 Å². The summed E-state index contributed by atoms with van der Waals surface area (Å²) >= 11 is 1.62. The van der Waals surface area contributed by atoms with Gasteiger partial charge in [0.25, 0.3) is 0 Å². The average molecular weight is 475 g/mol. The number of hydrogen-bond acceptors (Lipinski definition) is 7. The SMILES string of the molecule is CC.CCC(N=O)c1nc(NCc2ccccc2Sc2ccccc2CO)nc2ccccc12. The van der Waals surface area contributed by atoms with Crippen LogP contribution in [0.5, 0.6) is 0 Å². The third kappa shape index (κ3) is 5.98. The maximum absolute atomic E-state index is 11.4. The van der Waals surface area contributed by atoms with Crippen LogP contribution in [0.25, 0.3) is 10.9 Å². The lowest BCUT2D eigenvalue weighted by Gasteiger charge is -2.14. The van der Waals surface area contributed by atoms with Gasteiger partial charge in [-0.3, -0.25) is 0 Å². The lowest BCUT2D eigenvalue weighted by molar-refractivity contribution is 0.279. The number of rotatable bonds is 9. The summed E-state index contributed by atoms with van der Waals surface area (Å²) in [6, 6.07) is 23.1. The number of nitroso groups, excluding NO2 is 1. The van der Waals surface area contributed by atoms with Crippen molar-refractivity contribution in [1.29, 1.82) is 0 Å². The van der Waals surface area contributed by atoms with Crippen molar-refractivity contribution < 1.29 is 5.11 Å². The smallest absolute Gasteiger partial charge is 0.223 e. The Kier molecular flexibility index (Phi) is 9.55. The fraction of sp³-hybridized carbons (Fsp3) is 0.259. The Bertz CT molecular complexity index is 1230. The lowest BCUT2D eigenvalue weighted by Crippen LogP contribution is -2.08. The Morgan fingerprint density at radius 3 is 2.21 bits per heavy atom. The number of benzene rings is 3. The van der Waals surface area contributed by atoms with Crippen LogP contribution in [0.2, 0.25) is 0 Å². The Morgan fingerprint density at radius 1 is 0.912 bits per heavy atom. The molecule has 176 valence electrons. The van der Waals surface area contributed by atoms with Gasteiger partial charge in [-0.2, -0.15) is 4.91 Å². The van der Waals surface area contributed by atoms with Gasteiger partial charge >= 0.3 is 0 Å². The van der Waals surface area contributed by atoms with Gasteiger partial charge in [0.05, 0.1) is 17.8 Å². The summed E-state index contributed by atoms with van der Waals surface area (Å²) in [5, 5.41) is 17.1. The van der Waals surface area contributed by atoms with Crippen LogP contribution < -0.4 is 5.32 Å². The summed E-state index contributed by atoms with van der Waals surface area (Å²) in [5.41, 5.74) is 3.41. The van der Waals surface area contributed by atoms with E-state index in [2.05, 4.69) is 32.6 Å². The molecule has 3 aromatic carbocycles. The van der Waals surface area contributed by atoms with Crippen LogP contribution in [0.4, 0.5) is 5.95 Å². The standard InChI is InChI=1S/C25H24N4O2S.C2H6/c1-2-20(29-31)24-19-11-5-6-12-21(19)27-25(28-24)26-15-17-9-3-7-13-22(17)32-23-14-8-4-10-18(23)16-30;1-2/h3-14,20,30H,2,15-16H2,1H3,(H,26,27,28);1-2H3. The Hall–Kier alpha value is -3.29. The first-order valence-corrected chi connectivity index (χ1v) is 12.3. The van der Waals surface area contributed by atoms with Gasteiger partial charge in [-0.25, -0.2) is 9.97 Å². The van der Waals surface area contributed by atoms with Gasteiger partial charge in [-0.05, 0) is 35.7 Å². The predicted octanol–water partition coefficient (Wildman–Crippen LogP) is 7.13. The molecule has 0 saturated carbocycles. The highest BCUT2D eigenvalue weighted by atomic mass is 32.2. The summed E-state index contributed by atoms with van der Waals surface area (Å²) in [6.07, 6.45) is 0.577. The van der Waals surface area contributed by atoms with Gasteiger partial charge in [0.2, 0.25) is 5.95 Å². The van der Waals surface area contributed by atoms with E-state index in [0.717, 1.165) is 31.8 Å². The third-order valence-electron chi connectivity index (χ3n) is 5.23. The molecule has 1 heterocycles. The molecule has 0 radical (unpaired) electrons. The Balaban J connectivity index is 0.00000158. The van der Waals surface area contributed by atoms with E-state index in [1.54, 1.807) is 11.8 Å². The number of aliphatic hydroxyl groups is 1. The molecule has 1 aromatic heterocycles. The second-order valence-corrected chi connectivity index (χ2v) is 8.39. The van der Waals surface area contributed by atoms with E-state index in [4.69, 9.17) is 0 Å². The first-order chi connectivity index (χ1) is 16.7. The number of aromatic nitrogens is 2. The third-order valence-corrected chi connectivity index (χ3v) is 6.47. The molecule has 7 heteroatoms. The average Bonchev–Trinajstić information content (AvgIpc) is 2.90. The van der Waals surface area contributed by atoms with Gasteiger partial charge in [-0.1, -0.05) is 92.3 Å². The van der Waals surface area contributed by atoms with Crippen molar-refractivity contribution in [2.75, 3.05) is 5.32 Å². The zero-order valence-electron chi connectivity index (χ0n) is 19.7. The molecule has 0 aliphatic heterocycles. The molecule has 6 nitrogen and oxygen atoms in total. The van der Waals surface area contributed by atoms with E-state index < -0.39 is 6.04 Å². The minimum atomic E-state index is -0.513. The van der Waals surface area contributed by atoms with Crippen molar-refractivity contribution in [2.45, 2.75) is 56.2 Å². The quantitative estimate of drug-likeness (QED) is 0.251. The van der Waals surface area contributed by atoms with Crippen LogP contribution in [0.1, 0.15) is 50.1 Å². The highest BCUT2D eigenvalue weighted by molar-refractivity contribution is 7.99. The van der Waals surface area contributed by atoms with Gasteiger partial charge < -0.3 is 10.4 Å². The maximum Gasteiger partial charge on any atom is 0.223 e. The summed E-state index contributed by atoms with van der Waals surface area (Å²) < 4.78 is 0. The molecule has 0 aliphatic carbocycles. The topological polar surface area (TPSA) is 87.5 Å². The van der Waals surface area contributed by atoms with Crippen LogP contribution in [0, 0.1) is 4.91 Å². The molecule has 4 aromatic rings. The molecular formula is C27H30N4O2S. The number of nitrogens with zero attached hydrogens (tertiary/aromatic N) is 3. The lowest BCUT2D eigenvalue weighted by atomic mass is 10.1. The molecule has 0 spiro atoms.